The smallest absolute Gasteiger partial charge is 0.266 e. The van der Waals surface area contributed by atoms with E-state index in [0.717, 1.165) is 4.90 Å². The van der Waals surface area contributed by atoms with E-state index in [1.807, 2.05) is 6.07 Å². The second-order valence-corrected chi connectivity index (χ2v) is 7.54. The summed E-state index contributed by atoms with van der Waals surface area (Å²) in [5, 5.41) is 0.462. The molecule has 146 valence electrons. The Hall–Kier alpha value is -3.70. The van der Waals surface area contributed by atoms with Gasteiger partial charge in [0.15, 0.2) is 0 Å². The van der Waals surface area contributed by atoms with E-state index in [-0.39, 0.29) is 17.2 Å². The molecule has 0 aromatic heterocycles. The van der Waals surface area contributed by atoms with Gasteiger partial charge in [0.2, 0.25) is 0 Å². The molecule has 2 heterocycles. The lowest BCUT2D eigenvalue weighted by molar-refractivity contribution is -0.112. The largest absolute Gasteiger partial charge is 0.311 e. The summed E-state index contributed by atoms with van der Waals surface area (Å²) in [7, 11) is 1.66. The molecule has 0 bridgehead atoms. The number of benzene rings is 3. The Kier molecular flexibility index (Phi) is 4.08. The topological polar surface area (TPSA) is 57.7 Å². The summed E-state index contributed by atoms with van der Waals surface area (Å²) >= 11 is 6.22. The van der Waals surface area contributed by atoms with Crippen LogP contribution in [0.1, 0.15) is 31.8 Å². The highest BCUT2D eigenvalue weighted by molar-refractivity contribution is 6.41. The number of amides is 3. The van der Waals surface area contributed by atoms with E-state index in [4.69, 9.17) is 11.6 Å². The van der Waals surface area contributed by atoms with E-state index in [9.17, 15) is 14.4 Å². The summed E-state index contributed by atoms with van der Waals surface area (Å²) in [6, 6.07) is 20.8. The first-order valence-corrected chi connectivity index (χ1v) is 9.72. The molecule has 2 aliphatic rings. The van der Waals surface area contributed by atoms with Crippen molar-refractivity contribution in [2.75, 3.05) is 11.9 Å². The maximum Gasteiger partial charge on any atom is 0.266 e. The zero-order valence-electron chi connectivity index (χ0n) is 15.9. The first-order chi connectivity index (χ1) is 14.5. The van der Waals surface area contributed by atoms with Crippen molar-refractivity contribution in [3.63, 3.8) is 0 Å². The molecule has 0 atom stereocenters. The Balaban J connectivity index is 1.84. The number of carbonyl (C=O) groups is 3. The molecule has 0 fully saturated rings. The second-order valence-electron chi connectivity index (χ2n) is 7.11. The summed E-state index contributed by atoms with van der Waals surface area (Å²) < 4.78 is 0. The number of anilines is 1. The Morgan fingerprint density at radius 3 is 1.97 bits per heavy atom. The number of likely N-dealkylation sites (N-methyl/N-ethyl adjacent to an activating group) is 1. The first kappa shape index (κ1) is 18.3. The summed E-state index contributed by atoms with van der Waals surface area (Å²) in [4.78, 5) is 42.4. The molecule has 0 aliphatic carbocycles. The second kappa shape index (κ2) is 6.68. The molecule has 5 nitrogen and oxygen atoms in total. The molecule has 0 unspecified atom stereocenters. The van der Waals surface area contributed by atoms with Crippen molar-refractivity contribution in [2.24, 2.45) is 0 Å². The zero-order valence-corrected chi connectivity index (χ0v) is 16.7. The van der Waals surface area contributed by atoms with Gasteiger partial charge < -0.3 is 4.90 Å². The maximum absolute atomic E-state index is 13.3. The third-order valence-electron chi connectivity index (χ3n) is 5.41. The van der Waals surface area contributed by atoms with Gasteiger partial charge in [0.05, 0.1) is 28.1 Å². The highest BCUT2D eigenvalue weighted by atomic mass is 35.5. The van der Waals surface area contributed by atoms with Gasteiger partial charge in [0.1, 0.15) is 0 Å². The van der Waals surface area contributed by atoms with Crippen molar-refractivity contribution in [1.29, 1.82) is 0 Å². The van der Waals surface area contributed by atoms with Crippen LogP contribution in [-0.4, -0.2) is 29.7 Å². The average molecular weight is 415 g/mol. The highest BCUT2D eigenvalue weighted by Gasteiger charge is 2.42. The van der Waals surface area contributed by atoms with Gasteiger partial charge in [-0.15, -0.1) is 0 Å². The van der Waals surface area contributed by atoms with Crippen LogP contribution in [0, 0.1) is 0 Å². The number of hydrogen-bond acceptors (Lipinski definition) is 3. The van der Waals surface area contributed by atoms with E-state index in [2.05, 4.69) is 0 Å². The number of rotatable bonds is 2. The zero-order chi connectivity index (χ0) is 21.0. The highest BCUT2D eigenvalue weighted by Crippen LogP contribution is 2.44. The summed E-state index contributed by atoms with van der Waals surface area (Å²) in [6.07, 6.45) is 0. The number of halogens is 1. The standard InChI is InChI=1S/C24H15ClN2O3/c1-26-19-12-11-15(25)13-18(19)20(24(26)30)21(14-7-3-2-4-8-14)27-22(28)16-9-5-6-10-17(16)23(27)29/h2-13H,1H3/b21-20+. The number of hydrogen-bond donors (Lipinski definition) is 0. The monoisotopic (exact) mass is 414 g/mol. The van der Waals surface area contributed by atoms with Crippen molar-refractivity contribution in [1.82, 2.24) is 4.90 Å². The molecule has 6 heteroatoms. The molecule has 5 rings (SSSR count). The van der Waals surface area contributed by atoms with Gasteiger partial charge in [-0.1, -0.05) is 54.1 Å². The van der Waals surface area contributed by atoms with E-state index in [0.29, 0.717) is 33.0 Å². The van der Waals surface area contributed by atoms with Crippen molar-refractivity contribution in [3.05, 3.63) is 100 Å². The molecule has 0 spiro atoms. The average Bonchev–Trinajstić information content (AvgIpc) is 3.15. The predicted octanol–water partition coefficient (Wildman–Crippen LogP) is 4.48. The number of nitrogens with zero attached hydrogens (tertiary/aromatic N) is 2. The Morgan fingerprint density at radius 2 is 1.33 bits per heavy atom. The molecule has 2 aliphatic heterocycles. The summed E-state index contributed by atoms with van der Waals surface area (Å²) in [6.45, 7) is 0. The number of carbonyl (C=O) groups excluding carboxylic acids is 3. The maximum atomic E-state index is 13.3. The molecular formula is C24H15ClN2O3. The summed E-state index contributed by atoms with van der Waals surface area (Å²) in [5.74, 6) is -1.21. The quantitative estimate of drug-likeness (QED) is 0.459. The molecule has 0 saturated carbocycles. The molecule has 3 amide bonds. The van der Waals surface area contributed by atoms with Crippen molar-refractivity contribution < 1.29 is 14.4 Å². The minimum Gasteiger partial charge on any atom is -0.311 e. The third kappa shape index (κ3) is 2.52. The van der Waals surface area contributed by atoms with Crippen LogP contribution in [0.25, 0.3) is 11.3 Å². The van der Waals surface area contributed by atoms with Crippen LogP contribution in [-0.2, 0) is 4.79 Å². The van der Waals surface area contributed by atoms with Crippen LogP contribution in [0.3, 0.4) is 0 Å². The normalized spacial score (nSPS) is 16.8. The fourth-order valence-corrected chi connectivity index (χ4v) is 4.17. The van der Waals surface area contributed by atoms with E-state index >= 15 is 0 Å². The lowest BCUT2D eigenvalue weighted by Crippen LogP contribution is -2.31. The molecule has 0 N–H and O–H groups in total. The third-order valence-corrected chi connectivity index (χ3v) is 5.64. The van der Waals surface area contributed by atoms with Crippen molar-refractivity contribution in [3.8, 4) is 0 Å². The SMILES string of the molecule is CN1C(=O)/C(=C(\c2ccccc2)N2C(=O)c3ccccc3C2=O)c2cc(Cl)ccc21. The fraction of sp³-hybridized carbons (Fsp3) is 0.0417. The van der Waals surface area contributed by atoms with Gasteiger partial charge in [-0.2, -0.15) is 0 Å². The minimum atomic E-state index is -0.451. The molecule has 3 aromatic carbocycles. The fourth-order valence-electron chi connectivity index (χ4n) is 4.00. The van der Waals surface area contributed by atoms with Crippen LogP contribution in [0.4, 0.5) is 5.69 Å². The minimum absolute atomic E-state index is 0.264. The molecular weight excluding hydrogens is 400 g/mol. The Bertz CT molecular complexity index is 1250. The van der Waals surface area contributed by atoms with Gasteiger partial charge in [-0.3, -0.25) is 14.4 Å². The lowest BCUT2D eigenvalue weighted by atomic mass is 9.99. The Morgan fingerprint density at radius 1 is 0.733 bits per heavy atom. The first-order valence-electron chi connectivity index (χ1n) is 9.34. The van der Waals surface area contributed by atoms with Gasteiger partial charge in [0.25, 0.3) is 17.7 Å². The van der Waals surface area contributed by atoms with E-state index in [1.165, 1.54) is 4.90 Å². The Labute approximate surface area is 177 Å². The molecule has 0 saturated heterocycles. The van der Waals surface area contributed by atoms with Gasteiger partial charge in [-0.05, 0) is 35.9 Å². The predicted molar refractivity (Wildman–Crippen MR) is 115 cm³/mol. The van der Waals surface area contributed by atoms with Crippen molar-refractivity contribution in [2.45, 2.75) is 0 Å². The van der Waals surface area contributed by atoms with Gasteiger partial charge in [-0.25, -0.2) is 4.90 Å². The van der Waals surface area contributed by atoms with Gasteiger partial charge in [0, 0.05) is 17.6 Å². The van der Waals surface area contributed by atoms with Gasteiger partial charge >= 0.3 is 0 Å². The molecule has 3 aromatic rings. The van der Waals surface area contributed by atoms with Crippen LogP contribution < -0.4 is 4.90 Å². The van der Waals surface area contributed by atoms with Crippen LogP contribution in [0.15, 0.2) is 72.8 Å². The molecule has 30 heavy (non-hydrogen) atoms. The molecule has 0 radical (unpaired) electrons. The van der Waals surface area contributed by atoms with Crippen molar-refractivity contribution >= 4 is 46.3 Å². The number of imide groups is 1. The van der Waals surface area contributed by atoms with Crippen LogP contribution in [0.5, 0.6) is 0 Å². The van der Waals surface area contributed by atoms with E-state index in [1.54, 1.807) is 73.8 Å². The van der Waals surface area contributed by atoms with E-state index < -0.39 is 11.8 Å². The van der Waals surface area contributed by atoms with Crippen LogP contribution in [0.2, 0.25) is 5.02 Å². The van der Waals surface area contributed by atoms with Crippen LogP contribution >= 0.6 is 11.6 Å². The summed E-state index contributed by atoms with van der Waals surface area (Å²) in [5.41, 5.74) is 3.03. The lowest BCUT2D eigenvalue weighted by Gasteiger charge is -2.21. The number of fused-ring (bicyclic) bond motifs is 2.